The molecular weight excluding hydrogens is 393 g/mol. The Bertz CT molecular complexity index is 735. The Morgan fingerprint density at radius 3 is 2.77 bits per heavy atom. The lowest BCUT2D eigenvalue weighted by Crippen LogP contribution is -2.40. The Morgan fingerprint density at radius 2 is 2.08 bits per heavy atom. The van der Waals surface area contributed by atoms with Gasteiger partial charge in [0.15, 0.2) is 5.17 Å². The number of nitrogens with one attached hydrogen (secondary N) is 1. The van der Waals surface area contributed by atoms with Crippen LogP contribution in [0.3, 0.4) is 0 Å². The number of nitrogens with zero attached hydrogens (tertiary/aromatic N) is 2. The number of anilines is 1. The molecule has 2 aliphatic rings. The third-order valence-corrected chi connectivity index (χ3v) is 6.28. The van der Waals surface area contributed by atoms with E-state index in [9.17, 15) is 9.59 Å². The second-order valence-electron chi connectivity index (χ2n) is 6.39. The Hall–Kier alpha value is -1.24. The molecule has 1 unspecified atom stereocenters. The first-order valence-electron chi connectivity index (χ1n) is 8.78. The highest BCUT2D eigenvalue weighted by Crippen LogP contribution is 2.36. The minimum Gasteiger partial charge on any atom is -0.325 e. The van der Waals surface area contributed by atoms with E-state index >= 15 is 0 Å². The molecule has 2 amide bonds. The molecule has 1 aromatic rings. The fourth-order valence-electron chi connectivity index (χ4n) is 3.32. The SMILES string of the molecule is CCN=C1SC(CC(=O)Nc2cc(Cl)ccc2Cl)C(=O)N1C1CCCC1. The molecule has 1 aliphatic heterocycles. The second-order valence-corrected chi connectivity index (χ2v) is 8.40. The van der Waals surface area contributed by atoms with Crippen LogP contribution in [0.4, 0.5) is 5.69 Å². The number of rotatable bonds is 5. The van der Waals surface area contributed by atoms with Gasteiger partial charge < -0.3 is 5.32 Å². The summed E-state index contributed by atoms with van der Waals surface area (Å²) in [4.78, 5) is 31.6. The van der Waals surface area contributed by atoms with Crippen molar-refractivity contribution in [2.75, 3.05) is 11.9 Å². The monoisotopic (exact) mass is 413 g/mol. The van der Waals surface area contributed by atoms with E-state index in [4.69, 9.17) is 23.2 Å². The zero-order chi connectivity index (χ0) is 18.7. The van der Waals surface area contributed by atoms with Crippen LogP contribution in [0.15, 0.2) is 23.2 Å². The number of thioether (sulfide) groups is 1. The molecule has 1 saturated heterocycles. The van der Waals surface area contributed by atoms with E-state index in [1.165, 1.54) is 11.8 Å². The van der Waals surface area contributed by atoms with Crippen molar-refractivity contribution in [1.29, 1.82) is 0 Å². The summed E-state index contributed by atoms with van der Waals surface area (Å²) < 4.78 is 0. The predicted molar refractivity (Wildman–Crippen MR) is 108 cm³/mol. The minimum atomic E-state index is -0.446. The van der Waals surface area contributed by atoms with Gasteiger partial charge >= 0.3 is 0 Å². The van der Waals surface area contributed by atoms with Gasteiger partial charge in [-0.2, -0.15) is 0 Å². The molecule has 0 spiro atoms. The maximum atomic E-state index is 12.9. The van der Waals surface area contributed by atoms with Crippen molar-refractivity contribution >= 4 is 57.6 Å². The van der Waals surface area contributed by atoms with E-state index < -0.39 is 5.25 Å². The van der Waals surface area contributed by atoms with Gasteiger partial charge in [-0.05, 0) is 38.0 Å². The molecule has 0 radical (unpaired) electrons. The van der Waals surface area contributed by atoms with Gasteiger partial charge in [0.1, 0.15) is 5.25 Å². The third-order valence-electron chi connectivity index (χ3n) is 4.52. The summed E-state index contributed by atoms with van der Waals surface area (Å²) in [6.45, 7) is 2.57. The molecule has 8 heteroatoms. The van der Waals surface area contributed by atoms with Crippen LogP contribution >= 0.6 is 35.0 Å². The summed E-state index contributed by atoms with van der Waals surface area (Å²) in [6.07, 6.45) is 4.37. The second kappa shape index (κ2) is 8.63. The first kappa shape index (κ1) is 19.5. The summed E-state index contributed by atoms with van der Waals surface area (Å²) in [5.41, 5.74) is 0.453. The number of carbonyl (C=O) groups is 2. The molecule has 1 atom stereocenters. The van der Waals surface area contributed by atoms with Gasteiger partial charge in [-0.3, -0.25) is 19.5 Å². The summed E-state index contributed by atoms with van der Waals surface area (Å²) in [5.74, 6) is -0.273. The number of hydrogen-bond donors (Lipinski definition) is 1. The molecule has 1 aromatic carbocycles. The average Bonchev–Trinajstić information content (AvgIpc) is 3.20. The van der Waals surface area contributed by atoms with Gasteiger partial charge in [0.05, 0.1) is 10.7 Å². The van der Waals surface area contributed by atoms with Crippen LogP contribution in [0.1, 0.15) is 39.0 Å². The molecular formula is C18H21Cl2N3O2S. The number of amides is 2. The van der Waals surface area contributed by atoms with Crippen molar-refractivity contribution in [3.8, 4) is 0 Å². The van der Waals surface area contributed by atoms with Crippen molar-refractivity contribution < 1.29 is 9.59 Å². The molecule has 1 aliphatic carbocycles. The highest BCUT2D eigenvalue weighted by molar-refractivity contribution is 8.15. The maximum absolute atomic E-state index is 12.9. The van der Waals surface area contributed by atoms with Crippen LogP contribution in [0, 0.1) is 0 Å². The first-order chi connectivity index (χ1) is 12.5. The highest BCUT2D eigenvalue weighted by atomic mass is 35.5. The van der Waals surface area contributed by atoms with Crippen LogP contribution in [0.5, 0.6) is 0 Å². The van der Waals surface area contributed by atoms with Gasteiger partial charge in [-0.15, -0.1) is 0 Å². The highest BCUT2D eigenvalue weighted by Gasteiger charge is 2.43. The standard InChI is InChI=1S/C18H21Cl2N3O2S/c1-2-21-18-23(12-5-3-4-6-12)17(25)15(26-18)10-16(24)22-14-9-11(19)7-8-13(14)20/h7-9,12,15H,2-6,10H2,1H3,(H,22,24). The van der Waals surface area contributed by atoms with E-state index in [0.29, 0.717) is 22.3 Å². The third kappa shape index (κ3) is 4.35. The van der Waals surface area contributed by atoms with Gasteiger partial charge in [0.25, 0.3) is 0 Å². The number of halogens is 2. The smallest absolute Gasteiger partial charge is 0.242 e. The van der Waals surface area contributed by atoms with E-state index in [1.54, 1.807) is 18.2 Å². The van der Waals surface area contributed by atoms with Crippen LogP contribution in [0.25, 0.3) is 0 Å². The van der Waals surface area contributed by atoms with Crippen molar-refractivity contribution in [3.05, 3.63) is 28.2 Å². The van der Waals surface area contributed by atoms with Gasteiger partial charge in [-0.1, -0.05) is 47.8 Å². The summed E-state index contributed by atoms with van der Waals surface area (Å²) in [7, 11) is 0. The van der Waals surface area contributed by atoms with Crippen molar-refractivity contribution in [2.24, 2.45) is 4.99 Å². The molecule has 140 valence electrons. The fourth-order valence-corrected chi connectivity index (χ4v) is 4.92. The Balaban J connectivity index is 1.69. The average molecular weight is 414 g/mol. The quantitative estimate of drug-likeness (QED) is 0.767. The van der Waals surface area contributed by atoms with Crippen molar-refractivity contribution in [1.82, 2.24) is 4.90 Å². The zero-order valence-electron chi connectivity index (χ0n) is 14.5. The largest absolute Gasteiger partial charge is 0.325 e. The Kier molecular flexibility index (Phi) is 6.48. The summed E-state index contributed by atoms with van der Waals surface area (Å²) in [5, 5.41) is 3.96. The lowest BCUT2D eigenvalue weighted by Gasteiger charge is -2.23. The Labute approximate surface area is 167 Å². The van der Waals surface area contributed by atoms with Gasteiger partial charge in [0.2, 0.25) is 11.8 Å². The molecule has 1 heterocycles. The molecule has 0 aromatic heterocycles. The number of aliphatic imine (C=N–C) groups is 1. The zero-order valence-corrected chi connectivity index (χ0v) is 16.8. The van der Waals surface area contributed by atoms with E-state index in [1.807, 2.05) is 11.8 Å². The fraction of sp³-hybridized carbons (Fsp3) is 0.500. The summed E-state index contributed by atoms with van der Waals surface area (Å²) >= 11 is 13.4. The van der Waals surface area contributed by atoms with Gasteiger partial charge in [0, 0.05) is 24.0 Å². The number of amidine groups is 1. The van der Waals surface area contributed by atoms with Gasteiger partial charge in [-0.25, -0.2) is 0 Å². The topological polar surface area (TPSA) is 61.8 Å². The van der Waals surface area contributed by atoms with Crippen LogP contribution in [-0.2, 0) is 9.59 Å². The maximum Gasteiger partial charge on any atom is 0.242 e. The van der Waals surface area contributed by atoms with E-state index in [2.05, 4.69) is 10.3 Å². The molecule has 1 saturated carbocycles. The molecule has 2 fully saturated rings. The number of benzene rings is 1. The van der Waals surface area contributed by atoms with Crippen LogP contribution in [-0.4, -0.2) is 39.7 Å². The molecule has 0 bridgehead atoms. The predicted octanol–water partition coefficient (Wildman–Crippen LogP) is 4.58. The van der Waals surface area contributed by atoms with Crippen molar-refractivity contribution in [3.63, 3.8) is 0 Å². The molecule has 3 rings (SSSR count). The lowest BCUT2D eigenvalue weighted by molar-refractivity contribution is -0.129. The first-order valence-corrected chi connectivity index (χ1v) is 10.4. The number of hydrogen-bond acceptors (Lipinski definition) is 4. The molecule has 26 heavy (non-hydrogen) atoms. The van der Waals surface area contributed by atoms with Crippen LogP contribution < -0.4 is 5.32 Å². The Morgan fingerprint density at radius 1 is 1.35 bits per heavy atom. The number of carbonyl (C=O) groups excluding carboxylic acids is 2. The molecule has 1 N–H and O–H groups in total. The van der Waals surface area contributed by atoms with E-state index in [-0.39, 0.29) is 24.3 Å². The van der Waals surface area contributed by atoms with Crippen molar-refractivity contribution in [2.45, 2.75) is 50.3 Å². The lowest BCUT2D eigenvalue weighted by atomic mass is 10.2. The van der Waals surface area contributed by atoms with E-state index in [0.717, 1.165) is 30.9 Å². The summed E-state index contributed by atoms with van der Waals surface area (Å²) in [6, 6.07) is 5.10. The minimum absolute atomic E-state index is 0.0126. The normalized spacial score (nSPS) is 22.4. The molecule has 5 nitrogen and oxygen atoms in total. The van der Waals surface area contributed by atoms with Crippen LogP contribution in [0.2, 0.25) is 10.0 Å².